The SMILES string of the molecule is CCOC1CCC2CC(C3CCC(c4ccc(OC(F)F)cc4)CC3)CCC2C1. The van der Waals surface area contributed by atoms with E-state index >= 15 is 0 Å². The number of alkyl halides is 2. The molecule has 0 aromatic heterocycles. The van der Waals surface area contributed by atoms with E-state index in [9.17, 15) is 8.78 Å². The van der Waals surface area contributed by atoms with Gasteiger partial charge in [0, 0.05) is 6.61 Å². The summed E-state index contributed by atoms with van der Waals surface area (Å²) in [7, 11) is 0. The number of hydrogen-bond acceptors (Lipinski definition) is 2. The quantitative estimate of drug-likeness (QED) is 0.498. The molecule has 1 aromatic carbocycles. The monoisotopic (exact) mass is 406 g/mol. The molecule has 3 saturated carbocycles. The Hall–Kier alpha value is -1.16. The summed E-state index contributed by atoms with van der Waals surface area (Å²) < 4.78 is 35.0. The second-order valence-electron chi connectivity index (χ2n) is 9.54. The van der Waals surface area contributed by atoms with Crippen LogP contribution >= 0.6 is 0 Å². The maximum atomic E-state index is 12.3. The molecule has 0 saturated heterocycles. The summed E-state index contributed by atoms with van der Waals surface area (Å²) in [6, 6.07) is 7.33. The fraction of sp³-hybridized carbons (Fsp3) is 0.760. The summed E-state index contributed by atoms with van der Waals surface area (Å²) in [6.07, 6.45) is 13.8. The van der Waals surface area contributed by atoms with Crippen molar-refractivity contribution in [2.24, 2.45) is 23.7 Å². The van der Waals surface area contributed by atoms with E-state index in [2.05, 4.69) is 11.7 Å². The molecule has 0 bridgehead atoms. The van der Waals surface area contributed by atoms with Gasteiger partial charge in [-0.25, -0.2) is 0 Å². The molecule has 0 N–H and O–H groups in total. The van der Waals surface area contributed by atoms with Crippen LogP contribution < -0.4 is 4.74 Å². The Morgan fingerprint density at radius 2 is 1.38 bits per heavy atom. The van der Waals surface area contributed by atoms with Crippen LogP contribution in [0.25, 0.3) is 0 Å². The predicted octanol–water partition coefficient (Wildman–Crippen LogP) is 7.18. The van der Waals surface area contributed by atoms with Crippen molar-refractivity contribution in [1.82, 2.24) is 0 Å². The van der Waals surface area contributed by atoms with E-state index < -0.39 is 6.61 Å². The summed E-state index contributed by atoms with van der Waals surface area (Å²) in [5.74, 6) is 4.48. The zero-order valence-corrected chi connectivity index (χ0v) is 17.7. The van der Waals surface area contributed by atoms with Crippen molar-refractivity contribution < 1.29 is 18.3 Å². The lowest BCUT2D eigenvalue weighted by molar-refractivity contribution is -0.0498. The highest BCUT2D eigenvalue weighted by Gasteiger charge is 2.39. The van der Waals surface area contributed by atoms with Gasteiger partial charge in [-0.2, -0.15) is 8.78 Å². The van der Waals surface area contributed by atoms with Crippen LogP contribution in [0.5, 0.6) is 5.75 Å². The molecule has 4 atom stereocenters. The maximum Gasteiger partial charge on any atom is 0.387 e. The molecule has 0 heterocycles. The Balaban J connectivity index is 1.25. The number of ether oxygens (including phenoxy) is 2. The van der Waals surface area contributed by atoms with Crippen LogP contribution in [-0.2, 0) is 4.74 Å². The Morgan fingerprint density at radius 3 is 2.03 bits per heavy atom. The van der Waals surface area contributed by atoms with Crippen LogP contribution in [0.2, 0.25) is 0 Å². The van der Waals surface area contributed by atoms with E-state index in [1.165, 1.54) is 69.8 Å². The normalized spacial score (nSPS) is 35.3. The first-order valence-electron chi connectivity index (χ1n) is 11.8. The molecule has 1 aromatic rings. The van der Waals surface area contributed by atoms with Gasteiger partial charge >= 0.3 is 6.61 Å². The first-order valence-corrected chi connectivity index (χ1v) is 11.8. The molecule has 3 aliphatic carbocycles. The smallest absolute Gasteiger partial charge is 0.387 e. The number of hydrogen-bond donors (Lipinski definition) is 0. The van der Waals surface area contributed by atoms with Gasteiger partial charge in [-0.3, -0.25) is 0 Å². The molecular formula is C25H36F2O2. The van der Waals surface area contributed by atoms with Crippen molar-refractivity contribution >= 4 is 0 Å². The number of halogens is 2. The van der Waals surface area contributed by atoms with Crippen molar-refractivity contribution in [2.45, 2.75) is 89.8 Å². The molecule has 2 nitrogen and oxygen atoms in total. The Bertz CT molecular complexity index is 624. The number of fused-ring (bicyclic) bond motifs is 1. The molecule has 4 unspecified atom stereocenters. The molecule has 4 heteroatoms. The fourth-order valence-electron chi connectivity index (χ4n) is 6.54. The van der Waals surface area contributed by atoms with Gasteiger partial charge in [0.2, 0.25) is 0 Å². The second kappa shape index (κ2) is 9.76. The third kappa shape index (κ3) is 5.31. The largest absolute Gasteiger partial charge is 0.435 e. The second-order valence-corrected chi connectivity index (χ2v) is 9.54. The topological polar surface area (TPSA) is 18.5 Å². The minimum atomic E-state index is -2.75. The molecule has 3 aliphatic rings. The molecule has 3 fully saturated rings. The number of rotatable bonds is 6. The lowest BCUT2D eigenvalue weighted by Gasteiger charge is -2.45. The summed E-state index contributed by atoms with van der Waals surface area (Å²) in [5.41, 5.74) is 1.28. The van der Waals surface area contributed by atoms with E-state index in [4.69, 9.17) is 4.74 Å². The maximum absolute atomic E-state index is 12.3. The van der Waals surface area contributed by atoms with Crippen LogP contribution in [0.15, 0.2) is 24.3 Å². The van der Waals surface area contributed by atoms with E-state index in [0.717, 1.165) is 30.3 Å². The van der Waals surface area contributed by atoms with Gasteiger partial charge in [-0.05, 0) is 118 Å². The van der Waals surface area contributed by atoms with Crippen LogP contribution in [0, 0.1) is 23.7 Å². The van der Waals surface area contributed by atoms with E-state index in [1.54, 1.807) is 12.1 Å². The average molecular weight is 407 g/mol. The van der Waals surface area contributed by atoms with Crippen molar-refractivity contribution in [3.8, 4) is 5.75 Å². The summed E-state index contributed by atoms with van der Waals surface area (Å²) in [6.45, 7) is 0.224. The van der Waals surface area contributed by atoms with Gasteiger partial charge in [-0.15, -0.1) is 0 Å². The van der Waals surface area contributed by atoms with Gasteiger partial charge in [0.05, 0.1) is 6.10 Å². The highest BCUT2D eigenvalue weighted by molar-refractivity contribution is 5.29. The summed E-state index contributed by atoms with van der Waals surface area (Å²) in [5, 5.41) is 0. The zero-order valence-electron chi connectivity index (χ0n) is 17.7. The average Bonchev–Trinajstić information content (AvgIpc) is 2.74. The van der Waals surface area contributed by atoms with Gasteiger partial charge < -0.3 is 9.47 Å². The minimum Gasteiger partial charge on any atom is -0.435 e. The van der Waals surface area contributed by atoms with Crippen molar-refractivity contribution in [3.63, 3.8) is 0 Å². The van der Waals surface area contributed by atoms with E-state index in [1.807, 2.05) is 12.1 Å². The number of benzene rings is 1. The summed E-state index contributed by atoms with van der Waals surface area (Å²) >= 11 is 0. The Labute approximate surface area is 174 Å². The molecule has 0 aliphatic heterocycles. The third-order valence-corrected chi connectivity index (χ3v) is 8.02. The van der Waals surface area contributed by atoms with E-state index in [-0.39, 0.29) is 5.75 Å². The third-order valence-electron chi connectivity index (χ3n) is 8.02. The standard InChI is InChI=1S/C25H36F2O2/c1-2-28-24-14-11-21-15-20(7-8-22(21)16-24)19-5-3-17(4-6-19)18-9-12-23(13-10-18)29-25(26)27/h9-10,12-13,17,19-22,24-25H,2-8,11,14-16H2,1H3. The molecule has 0 spiro atoms. The molecule has 4 rings (SSSR count). The minimum absolute atomic E-state index is 0.258. The lowest BCUT2D eigenvalue weighted by atomic mass is 9.62. The van der Waals surface area contributed by atoms with Crippen LogP contribution in [0.4, 0.5) is 8.78 Å². The highest BCUT2D eigenvalue weighted by Crippen LogP contribution is 2.49. The summed E-state index contributed by atoms with van der Waals surface area (Å²) in [4.78, 5) is 0. The first-order chi connectivity index (χ1) is 14.1. The van der Waals surface area contributed by atoms with Crippen molar-refractivity contribution in [2.75, 3.05) is 6.61 Å². The van der Waals surface area contributed by atoms with Crippen molar-refractivity contribution in [3.05, 3.63) is 29.8 Å². The highest BCUT2D eigenvalue weighted by atomic mass is 19.3. The molecule has 29 heavy (non-hydrogen) atoms. The van der Waals surface area contributed by atoms with Gasteiger partial charge in [0.1, 0.15) is 5.75 Å². The molecule has 162 valence electrons. The van der Waals surface area contributed by atoms with Crippen LogP contribution in [0.1, 0.15) is 82.6 Å². The van der Waals surface area contributed by atoms with Crippen molar-refractivity contribution in [1.29, 1.82) is 0 Å². The van der Waals surface area contributed by atoms with Gasteiger partial charge in [0.15, 0.2) is 0 Å². The van der Waals surface area contributed by atoms with Gasteiger partial charge in [-0.1, -0.05) is 12.1 Å². The van der Waals surface area contributed by atoms with Crippen LogP contribution in [-0.4, -0.2) is 19.3 Å². The lowest BCUT2D eigenvalue weighted by Crippen LogP contribution is -2.36. The Kier molecular flexibility index (Phi) is 7.10. The van der Waals surface area contributed by atoms with Crippen LogP contribution in [0.3, 0.4) is 0 Å². The molecule has 0 amide bonds. The van der Waals surface area contributed by atoms with E-state index in [0.29, 0.717) is 12.0 Å². The molecular weight excluding hydrogens is 370 g/mol. The van der Waals surface area contributed by atoms with Gasteiger partial charge in [0.25, 0.3) is 0 Å². The zero-order chi connectivity index (χ0) is 20.2. The first kappa shape index (κ1) is 21.1. The predicted molar refractivity (Wildman–Crippen MR) is 111 cm³/mol. The Morgan fingerprint density at radius 1 is 0.793 bits per heavy atom. The fourth-order valence-corrected chi connectivity index (χ4v) is 6.54. The molecule has 0 radical (unpaired) electrons.